The molecule has 0 amide bonds. The van der Waals surface area contributed by atoms with Gasteiger partial charge in [0.05, 0.1) is 0 Å². The zero-order chi connectivity index (χ0) is 23.8. The largest absolute Gasteiger partial charge is 0.381 e. The van der Waals surface area contributed by atoms with Crippen molar-refractivity contribution in [2.45, 2.75) is 13.8 Å². The molecular weight excluding hydrogens is 396 g/mol. The summed E-state index contributed by atoms with van der Waals surface area (Å²) in [6.45, 7) is 36.8. The highest BCUT2D eigenvalue weighted by Crippen LogP contribution is 2.24. The van der Waals surface area contributed by atoms with E-state index in [4.69, 9.17) is 0 Å². The first-order valence-electron chi connectivity index (χ1n) is 9.81. The molecule has 0 heterocycles. The van der Waals surface area contributed by atoms with Crippen LogP contribution in [0.25, 0.3) is 0 Å². The summed E-state index contributed by atoms with van der Waals surface area (Å²) in [5, 5.41) is 6.43. The van der Waals surface area contributed by atoms with E-state index in [1.807, 2.05) is 50.3 Å². The molecule has 3 heteroatoms. The van der Waals surface area contributed by atoms with E-state index in [0.717, 1.165) is 43.5 Å². The number of allylic oxidation sites excluding steroid dienone is 8. The lowest BCUT2D eigenvalue weighted by atomic mass is 10.2. The summed E-state index contributed by atoms with van der Waals surface area (Å²) in [5.74, 6) is 0. The number of hydrogen-bond donors (Lipinski definition) is 2. The highest BCUT2D eigenvalue weighted by atomic mass is 32.2. The first kappa shape index (κ1) is 27.8. The van der Waals surface area contributed by atoms with E-state index in [9.17, 15) is 0 Å². The van der Waals surface area contributed by atoms with Crippen LogP contribution in [-0.4, -0.2) is 13.1 Å². The molecule has 0 bridgehead atoms. The van der Waals surface area contributed by atoms with Crippen LogP contribution in [-0.2, 0) is 0 Å². The van der Waals surface area contributed by atoms with Gasteiger partial charge in [-0.25, -0.2) is 0 Å². The zero-order valence-corrected chi connectivity index (χ0v) is 19.9. The average Bonchev–Trinajstić information content (AvgIpc) is 2.72. The molecule has 0 atom stereocenters. The topological polar surface area (TPSA) is 24.1 Å². The smallest absolute Gasteiger partial charge is 0.0394 e. The maximum atomic E-state index is 4.04. The minimum atomic E-state index is 0.619. The van der Waals surface area contributed by atoms with Crippen molar-refractivity contribution in [2.75, 3.05) is 13.1 Å². The third-order valence-electron chi connectivity index (χ3n) is 3.80. The van der Waals surface area contributed by atoms with E-state index < -0.39 is 0 Å². The summed E-state index contributed by atoms with van der Waals surface area (Å²) in [6.07, 6.45) is 15.1. The number of nitrogens with one attached hydrogen (secondary N) is 2. The quantitative estimate of drug-likeness (QED) is 0.248. The molecule has 0 aromatic heterocycles. The molecular formula is C28H36N2S. The Morgan fingerprint density at radius 1 is 0.645 bits per heavy atom. The Labute approximate surface area is 194 Å². The first-order valence-corrected chi connectivity index (χ1v) is 10.6. The maximum Gasteiger partial charge on any atom is 0.0394 e. The molecule has 0 radical (unpaired) electrons. The second-order valence-electron chi connectivity index (χ2n) is 6.96. The fourth-order valence-corrected chi connectivity index (χ4v) is 2.67. The molecule has 0 aliphatic carbocycles. The summed E-state index contributed by atoms with van der Waals surface area (Å²) in [5.41, 5.74) is 5.64. The molecule has 0 aromatic carbocycles. The SMILES string of the molecule is C=C/C(C)=C\C(=C)CNC(=C)/C=C\C(=C)SC(=C)/C=C\C(=C)NCC(=C)/C=C(/C)C=C. The Balaban J connectivity index is 4.39. The number of rotatable bonds is 16. The molecule has 0 saturated heterocycles. The van der Waals surface area contributed by atoms with Crippen LogP contribution >= 0.6 is 11.8 Å². The fourth-order valence-electron chi connectivity index (χ4n) is 2.06. The summed E-state index contributed by atoms with van der Waals surface area (Å²) in [6, 6.07) is 0. The molecule has 164 valence electrons. The zero-order valence-electron chi connectivity index (χ0n) is 19.1. The van der Waals surface area contributed by atoms with Gasteiger partial charge in [-0.2, -0.15) is 0 Å². The van der Waals surface area contributed by atoms with Crippen molar-refractivity contribution in [3.05, 3.63) is 145 Å². The Bertz CT molecular complexity index is 801. The lowest BCUT2D eigenvalue weighted by molar-refractivity contribution is 0.916. The van der Waals surface area contributed by atoms with Gasteiger partial charge in [-0.05, 0) is 49.3 Å². The van der Waals surface area contributed by atoms with Gasteiger partial charge in [-0.15, -0.1) is 0 Å². The van der Waals surface area contributed by atoms with Crippen molar-refractivity contribution in [2.24, 2.45) is 0 Å². The van der Waals surface area contributed by atoms with E-state index in [-0.39, 0.29) is 0 Å². The van der Waals surface area contributed by atoms with Crippen LogP contribution in [0.5, 0.6) is 0 Å². The van der Waals surface area contributed by atoms with E-state index in [1.54, 1.807) is 12.2 Å². The van der Waals surface area contributed by atoms with Crippen LogP contribution in [0.15, 0.2) is 145 Å². The molecule has 0 aliphatic heterocycles. The maximum absolute atomic E-state index is 4.04. The van der Waals surface area contributed by atoms with Crippen LogP contribution in [0.1, 0.15) is 13.8 Å². The van der Waals surface area contributed by atoms with Crippen molar-refractivity contribution >= 4 is 11.8 Å². The van der Waals surface area contributed by atoms with Crippen molar-refractivity contribution < 1.29 is 0 Å². The predicted octanol–water partition coefficient (Wildman–Crippen LogP) is 7.44. The Morgan fingerprint density at radius 2 is 1.00 bits per heavy atom. The Kier molecular flexibility index (Phi) is 14.0. The molecule has 0 aliphatic rings. The monoisotopic (exact) mass is 432 g/mol. The third kappa shape index (κ3) is 15.3. The fraction of sp³-hybridized carbons (Fsp3) is 0.143. The van der Waals surface area contributed by atoms with Crippen LogP contribution < -0.4 is 10.6 Å². The second-order valence-corrected chi connectivity index (χ2v) is 8.21. The molecule has 31 heavy (non-hydrogen) atoms. The van der Waals surface area contributed by atoms with E-state index >= 15 is 0 Å². The van der Waals surface area contributed by atoms with Crippen molar-refractivity contribution in [1.82, 2.24) is 10.6 Å². The summed E-state index contributed by atoms with van der Waals surface area (Å²) in [7, 11) is 0. The van der Waals surface area contributed by atoms with Gasteiger partial charge in [-0.1, -0.05) is 99.8 Å². The van der Waals surface area contributed by atoms with Gasteiger partial charge < -0.3 is 10.6 Å². The van der Waals surface area contributed by atoms with Gasteiger partial charge in [-0.3, -0.25) is 0 Å². The standard InChI is InChI=1S/C28H36N2S/c1-11-21(3)17-23(5)19-29-25(7)13-15-27(9)31-28(10)16-14-26(8)30-20-24(6)18-22(4)12-2/h11-18,29-30H,1-2,5-10,19-20H2,3-4H3/b15-13-,16-14-,21-17-,22-18-. The van der Waals surface area contributed by atoms with Crippen LogP contribution in [0.3, 0.4) is 0 Å². The van der Waals surface area contributed by atoms with Crippen molar-refractivity contribution in [3.8, 4) is 0 Å². The summed E-state index contributed by atoms with van der Waals surface area (Å²) >= 11 is 1.48. The predicted molar refractivity (Wildman–Crippen MR) is 145 cm³/mol. The molecule has 2 N–H and O–H groups in total. The van der Waals surface area contributed by atoms with Crippen molar-refractivity contribution in [1.29, 1.82) is 0 Å². The molecule has 0 fully saturated rings. The van der Waals surface area contributed by atoms with Crippen molar-refractivity contribution in [3.63, 3.8) is 0 Å². The number of thioether (sulfide) groups is 1. The molecule has 0 spiro atoms. The summed E-state index contributed by atoms with van der Waals surface area (Å²) < 4.78 is 0. The summed E-state index contributed by atoms with van der Waals surface area (Å²) in [4.78, 5) is 1.71. The normalized spacial score (nSPS) is 11.8. The number of hydrogen-bond acceptors (Lipinski definition) is 3. The minimum Gasteiger partial charge on any atom is -0.381 e. The highest BCUT2D eigenvalue weighted by Gasteiger charge is 1.96. The van der Waals surface area contributed by atoms with Gasteiger partial charge in [0.25, 0.3) is 0 Å². The highest BCUT2D eigenvalue weighted by molar-refractivity contribution is 8.07. The van der Waals surface area contributed by atoms with E-state index in [2.05, 4.69) is 63.3 Å². The lowest BCUT2D eigenvalue weighted by Gasteiger charge is -2.07. The van der Waals surface area contributed by atoms with E-state index in [1.165, 1.54) is 11.8 Å². The molecule has 0 aromatic rings. The Hall–Kier alpha value is -3.17. The third-order valence-corrected chi connectivity index (χ3v) is 4.59. The van der Waals surface area contributed by atoms with Gasteiger partial charge in [0.1, 0.15) is 0 Å². The molecule has 0 saturated carbocycles. The van der Waals surface area contributed by atoms with Gasteiger partial charge in [0, 0.05) is 34.3 Å². The van der Waals surface area contributed by atoms with E-state index in [0.29, 0.717) is 13.1 Å². The second kappa shape index (κ2) is 15.6. The lowest BCUT2D eigenvalue weighted by Crippen LogP contribution is -2.13. The van der Waals surface area contributed by atoms with Gasteiger partial charge in [0.15, 0.2) is 0 Å². The first-order chi connectivity index (χ1) is 14.6. The van der Waals surface area contributed by atoms with Gasteiger partial charge in [0.2, 0.25) is 0 Å². The van der Waals surface area contributed by atoms with Crippen LogP contribution in [0.4, 0.5) is 0 Å². The van der Waals surface area contributed by atoms with Crippen LogP contribution in [0.2, 0.25) is 0 Å². The van der Waals surface area contributed by atoms with Crippen LogP contribution in [0, 0.1) is 0 Å². The molecule has 2 nitrogen and oxygen atoms in total. The minimum absolute atomic E-state index is 0.619. The molecule has 0 rings (SSSR count). The average molecular weight is 433 g/mol. The van der Waals surface area contributed by atoms with Gasteiger partial charge >= 0.3 is 0 Å². The molecule has 0 unspecified atom stereocenters. The Morgan fingerprint density at radius 3 is 1.32 bits per heavy atom.